The normalized spacial score (nSPS) is 14.1. The molecule has 0 aromatic heterocycles. The van der Waals surface area contributed by atoms with Crippen molar-refractivity contribution in [1.82, 2.24) is 26.6 Å². The van der Waals surface area contributed by atoms with E-state index in [0.29, 0.717) is 5.56 Å². The number of aliphatic carboxylic acids is 1. The van der Waals surface area contributed by atoms with Crippen LogP contribution in [-0.4, -0.2) is 117 Å². The first-order valence-electron chi connectivity index (χ1n) is 15.3. The summed E-state index contributed by atoms with van der Waals surface area (Å²) in [4.78, 5) is 123. The number of aliphatic hydroxyl groups is 1. The van der Waals surface area contributed by atoms with Crippen molar-refractivity contribution in [3.05, 3.63) is 29.8 Å². The van der Waals surface area contributed by atoms with Gasteiger partial charge in [0.25, 0.3) is 0 Å². The summed E-state index contributed by atoms with van der Waals surface area (Å²) in [6, 6.07) is -4.99. The summed E-state index contributed by atoms with van der Waals surface area (Å²) in [6.45, 7) is -1.05. The molecule has 23 heteroatoms. The van der Waals surface area contributed by atoms with Gasteiger partial charge in [0.15, 0.2) is 0 Å². The van der Waals surface area contributed by atoms with Gasteiger partial charge < -0.3 is 70.6 Å². The Morgan fingerprint density at radius 1 is 0.558 bits per heavy atom. The maximum atomic E-state index is 13.5. The number of aromatic hydroxyl groups is 1. The van der Waals surface area contributed by atoms with Crippen LogP contribution in [-0.2, 0) is 54.4 Å². The predicted molar refractivity (Wildman–Crippen MR) is 174 cm³/mol. The van der Waals surface area contributed by atoms with Crippen LogP contribution in [0.25, 0.3) is 0 Å². The third kappa shape index (κ3) is 15.9. The maximum Gasteiger partial charge on any atom is 0.328 e. The average Bonchev–Trinajstić information content (AvgIpc) is 3.04. The lowest BCUT2D eigenvalue weighted by Crippen LogP contribution is -2.60. The van der Waals surface area contributed by atoms with Crippen LogP contribution < -0.4 is 55.3 Å². The molecule has 1 rings (SSSR count). The molecule has 0 aliphatic heterocycles. The highest BCUT2D eigenvalue weighted by Gasteiger charge is 2.34. The molecule has 0 unspecified atom stereocenters. The molecule has 9 amide bonds. The van der Waals surface area contributed by atoms with Crippen LogP contribution in [0, 0.1) is 0 Å². The van der Waals surface area contributed by atoms with Crippen LogP contribution in [0.15, 0.2) is 24.3 Å². The van der Waals surface area contributed by atoms with Gasteiger partial charge in [0, 0.05) is 12.8 Å². The Balaban J connectivity index is 3.35. The van der Waals surface area contributed by atoms with Gasteiger partial charge in [-0.25, -0.2) is 4.79 Å². The summed E-state index contributed by atoms with van der Waals surface area (Å²) in [6.07, 6.45) is -3.71. The number of aliphatic hydroxyl groups excluding tert-OH is 1. The van der Waals surface area contributed by atoms with E-state index in [-0.39, 0.29) is 12.2 Å². The molecule has 18 N–H and O–H groups in total. The molecule has 1 aromatic carbocycles. The fourth-order valence-electron chi connectivity index (χ4n) is 4.32. The number of carbonyl (C=O) groups excluding carboxylic acids is 9. The number of hydrogen-bond donors (Lipinski definition) is 13. The number of rotatable bonds is 23. The van der Waals surface area contributed by atoms with Gasteiger partial charge in [0.2, 0.25) is 53.2 Å². The molecule has 0 saturated carbocycles. The number of nitrogens with two attached hydrogens (primary N) is 5. The number of carbonyl (C=O) groups is 10. The van der Waals surface area contributed by atoms with Crippen molar-refractivity contribution < 1.29 is 63.3 Å². The van der Waals surface area contributed by atoms with Crippen molar-refractivity contribution in [3.8, 4) is 5.75 Å². The van der Waals surface area contributed by atoms with Crippen molar-refractivity contribution in [2.45, 2.75) is 74.8 Å². The molecule has 0 radical (unpaired) electrons. The van der Waals surface area contributed by atoms with E-state index in [1.54, 1.807) is 0 Å². The molecule has 0 fully saturated rings. The number of benzene rings is 1. The summed E-state index contributed by atoms with van der Waals surface area (Å²) >= 11 is 0. The zero-order valence-corrected chi connectivity index (χ0v) is 27.5. The van der Waals surface area contributed by atoms with Gasteiger partial charge in [-0.3, -0.25) is 43.2 Å². The van der Waals surface area contributed by atoms with E-state index in [0.717, 1.165) is 0 Å². The topological polar surface area (TPSA) is 422 Å². The zero-order valence-electron chi connectivity index (χ0n) is 27.5. The quantitative estimate of drug-likeness (QED) is 0.0496. The van der Waals surface area contributed by atoms with Gasteiger partial charge in [-0.1, -0.05) is 12.1 Å². The minimum Gasteiger partial charge on any atom is -0.508 e. The van der Waals surface area contributed by atoms with Gasteiger partial charge in [-0.15, -0.1) is 0 Å². The minimum atomic E-state index is -1.91. The highest BCUT2D eigenvalue weighted by atomic mass is 16.4. The lowest BCUT2D eigenvalue weighted by molar-refractivity contribution is -0.143. The molecule has 6 atom stereocenters. The average molecular weight is 739 g/mol. The molecule has 0 spiro atoms. The number of phenolic OH excluding ortho intramolecular Hbond substituents is 1. The standard InChI is InChI=1S/C29H42N10O13/c30-14(8-21(32)43)24(46)36-16(7-12-1-3-13(41)4-2-12)26(48)37-18(10-23(34)45)28(50)38-17(9-22(33)44)27(49)35-15(5-6-20(31)42)25(47)39-19(11-40)29(51)52/h1-4,14-19,40-41H,5-11,30H2,(H2,31,42)(H2,32,43)(H2,33,44)(H2,34,45)(H,35,49)(H,36,46)(H,37,48)(H,38,50)(H,39,47)(H,51,52)/t14-,15-,16-,17-,18-,19-/m0/s1. The van der Waals surface area contributed by atoms with E-state index in [4.69, 9.17) is 33.8 Å². The Bertz CT molecular complexity index is 1520. The van der Waals surface area contributed by atoms with E-state index in [2.05, 4.69) is 21.3 Å². The molecular weight excluding hydrogens is 696 g/mol. The Hall–Kier alpha value is -6.36. The monoisotopic (exact) mass is 738 g/mol. The van der Waals surface area contributed by atoms with Gasteiger partial charge in [-0.2, -0.15) is 0 Å². The summed E-state index contributed by atoms with van der Waals surface area (Å²) in [5.41, 5.74) is 26.8. The van der Waals surface area contributed by atoms with Crippen LogP contribution in [0.5, 0.6) is 5.75 Å². The Labute approximate surface area is 294 Å². The molecule has 286 valence electrons. The van der Waals surface area contributed by atoms with Crippen LogP contribution in [0.3, 0.4) is 0 Å². The molecule has 0 heterocycles. The zero-order chi connectivity index (χ0) is 39.7. The molecular formula is C29H42N10O13. The highest BCUT2D eigenvalue weighted by molar-refractivity contribution is 5.99. The Morgan fingerprint density at radius 3 is 1.38 bits per heavy atom. The Morgan fingerprint density at radius 2 is 0.962 bits per heavy atom. The summed E-state index contributed by atoms with van der Waals surface area (Å²) in [5.74, 6) is -11.8. The molecule has 0 aliphatic carbocycles. The molecule has 0 saturated heterocycles. The number of carboxylic acids is 1. The van der Waals surface area contributed by atoms with E-state index in [1.807, 2.05) is 5.32 Å². The van der Waals surface area contributed by atoms with Crippen molar-refractivity contribution in [2.24, 2.45) is 28.7 Å². The fraction of sp³-hybridized carbons (Fsp3) is 0.448. The number of nitrogens with one attached hydrogen (secondary N) is 5. The number of amides is 9. The first-order chi connectivity index (χ1) is 24.2. The smallest absolute Gasteiger partial charge is 0.328 e. The number of carboxylic acid groups (broad SMARTS) is 1. The van der Waals surface area contributed by atoms with E-state index < -0.39 is 134 Å². The number of hydrogen-bond acceptors (Lipinski definition) is 13. The molecule has 0 aliphatic rings. The number of primary amides is 4. The lowest BCUT2D eigenvalue weighted by atomic mass is 10.0. The summed E-state index contributed by atoms with van der Waals surface area (Å²) in [7, 11) is 0. The second kappa shape index (κ2) is 21.0. The maximum absolute atomic E-state index is 13.5. The summed E-state index contributed by atoms with van der Waals surface area (Å²) < 4.78 is 0. The Kier molecular flexibility index (Phi) is 17.6. The van der Waals surface area contributed by atoms with Crippen LogP contribution >= 0.6 is 0 Å². The number of phenols is 1. The second-order valence-corrected chi connectivity index (χ2v) is 11.3. The molecule has 1 aromatic rings. The second-order valence-electron chi connectivity index (χ2n) is 11.3. The molecule has 52 heavy (non-hydrogen) atoms. The van der Waals surface area contributed by atoms with Gasteiger partial charge in [0.1, 0.15) is 36.0 Å². The lowest BCUT2D eigenvalue weighted by Gasteiger charge is -2.26. The SMILES string of the molecule is NC(=O)CC[C@H](NC(=O)[C@H](CC(N)=O)NC(=O)[C@H](CC(N)=O)NC(=O)[C@H](Cc1ccc(O)cc1)NC(=O)[C@@H](N)CC(N)=O)C(=O)N[C@@H](CO)C(=O)O. The fourth-order valence-corrected chi connectivity index (χ4v) is 4.32. The van der Waals surface area contributed by atoms with Crippen molar-refractivity contribution in [3.63, 3.8) is 0 Å². The van der Waals surface area contributed by atoms with Crippen molar-refractivity contribution >= 4 is 59.1 Å². The van der Waals surface area contributed by atoms with Crippen LogP contribution in [0.4, 0.5) is 0 Å². The van der Waals surface area contributed by atoms with Gasteiger partial charge in [-0.05, 0) is 24.1 Å². The first-order valence-corrected chi connectivity index (χ1v) is 15.3. The van der Waals surface area contributed by atoms with Crippen molar-refractivity contribution in [2.75, 3.05) is 6.61 Å². The van der Waals surface area contributed by atoms with E-state index >= 15 is 0 Å². The van der Waals surface area contributed by atoms with Crippen LogP contribution in [0.2, 0.25) is 0 Å². The van der Waals surface area contributed by atoms with E-state index in [9.17, 15) is 58.2 Å². The third-order valence-corrected chi connectivity index (χ3v) is 6.95. The first kappa shape index (κ1) is 43.7. The molecule has 23 nitrogen and oxygen atoms in total. The van der Waals surface area contributed by atoms with Gasteiger partial charge >= 0.3 is 5.97 Å². The molecule has 0 bridgehead atoms. The third-order valence-electron chi connectivity index (χ3n) is 6.95. The van der Waals surface area contributed by atoms with E-state index in [1.165, 1.54) is 24.3 Å². The van der Waals surface area contributed by atoms with Crippen molar-refractivity contribution in [1.29, 1.82) is 0 Å². The summed E-state index contributed by atoms with van der Waals surface area (Å²) in [5, 5.41) is 38.6. The predicted octanol–water partition coefficient (Wildman–Crippen LogP) is -7.35. The largest absolute Gasteiger partial charge is 0.508 e. The van der Waals surface area contributed by atoms with Gasteiger partial charge in [0.05, 0.1) is 31.9 Å². The van der Waals surface area contributed by atoms with Crippen LogP contribution in [0.1, 0.15) is 37.7 Å². The minimum absolute atomic E-state index is 0.126. The highest BCUT2D eigenvalue weighted by Crippen LogP contribution is 2.12.